The first-order valence-corrected chi connectivity index (χ1v) is 13.9. The number of thiophene rings is 1. The van der Waals surface area contributed by atoms with Crippen molar-refractivity contribution in [1.29, 1.82) is 0 Å². The summed E-state index contributed by atoms with van der Waals surface area (Å²) in [6.07, 6.45) is 3.67. The topological polar surface area (TPSA) is 38.7 Å². The maximum absolute atomic E-state index is 5.03. The predicted octanol–water partition coefficient (Wildman–Crippen LogP) is 9.67. The van der Waals surface area contributed by atoms with Crippen LogP contribution < -0.4 is 0 Å². The Hall–Kier alpha value is -4.19. The highest BCUT2D eigenvalue weighted by atomic mass is 79.9. The van der Waals surface area contributed by atoms with Crippen molar-refractivity contribution in [3.05, 3.63) is 126 Å². The highest BCUT2D eigenvalue weighted by Crippen LogP contribution is 2.37. The molecule has 0 atom stereocenters. The summed E-state index contributed by atoms with van der Waals surface area (Å²) in [5.74, 6) is 0.706. The fraction of sp³-hybridized carbons (Fsp3) is 0. The molecule has 0 saturated carbocycles. The molecule has 0 aliphatic rings. The Labute approximate surface area is 232 Å². The molecule has 3 heterocycles. The second-order valence-electron chi connectivity index (χ2n) is 9.11. The van der Waals surface area contributed by atoms with Crippen LogP contribution in [0, 0.1) is 0 Å². The Morgan fingerprint density at radius 2 is 1.26 bits per heavy atom. The van der Waals surface area contributed by atoms with Crippen molar-refractivity contribution in [2.75, 3.05) is 0 Å². The summed E-state index contributed by atoms with van der Waals surface area (Å²) in [5.41, 5.74) is 6.99. The standard InChI is InChI=1S/C33H20BrN3S/c34-26-16-24(23-9-6-14-35-20-23)15-25(17-26)30-19-29(36-33(37-30)21-7-2-1-3-8-21)22-12-13-28-27-10-4-5-11-31(27)38-32(28)18-22/h1-20H. The lowest BCUT2D eigenvalue weighted by molar-refractivity contribution is 1.18. The molecule has 0 aliphatic heterocycles. The number of hydrogen-bond donors (Lipinski definition) is 0. The van der Waals surface area contributed by atoms with E-state index in [4.69, 9.17) is 9.97 Å². The van der Waals surface area contributed by atoms with Gasteiger partial charge in [0.1, 0.15) is 0 Å². The molecule has 3 aromatic heterocycles. The molecule has 3 nitrogen and oxygen atoms in total. The summed E-state index contributed by atoms with van der Waals surface area (Å²) >= 11 is 5.53. The molecular weight excluding hydrogens is 550 g/mol. The first kappa shape index (κ1) is 23.0. The average Bonchev–Trinajstić information content (AvgIpc) is 3.35. The third kappa shape index (κ3) is 4.30. The molecule has 7 aromatic rings. The van der Waals surface area contributed by atoms with E-state index in [1.807, 2.05) is 41.8 Å². The minimum Gasteiger partial charge on any atom is -0.264 e. The van der Waals surface area contributed by atoms with Crippen molar-refractivity contribution in [1.82, 2.24) is 15.0 Å². The summed E-state index contributed by atoms with van der Waals surface area (Å²) in [7, 11) is 0. The third-order valence-electron chi connectivity index (χ3n) is 6.62. The zero-order chi connectivity index (χ0) is 25.5. The van der Waals surface area contributed by atoms with Crippen LogP contribution in [-0.4, -0.2) is 15.0 Å². The van der Waals surface area contributed by atoms with Gasteiger partial charge in [0.15, 0.2) is 5.82 Å². The van der Waals surface area contributed by atoms with Crippen LogP contribution in [0.2, 0.25) is 0 Å². The second kappa shape index (κ2) is 9.60. The zero-order valence-corrected chi connectivity index (χ0v) is 22.6. The number of pyridine rings is 1. The lowest BCUT2D eigenvalue weighted by Gasteiger charge is -2.11. The molecule has 0 bridgehead atoms. The summed E-state index contributed by atoms with van der Waals surface area (Å²) in [6, 6.07) is 37.9. The van der Waals surface area contributed by atoms with E-state index in [2.05, 4.69) is 106 Å². The van der Waals surface area contributed by atoms with Gasteiger partial charge >= 0.3 is 0 Å². The normalized spacial score (nSPS) is 11.3. The van der Waals surface area contributed by atoms with Crippen molar-refractivity contribution >= 4 is 47.4 Å². The van der Waals surface area contributed by atoms with E-state index in [-0.39, 0.29) is 0 Å². The van der Waals surface area contributed by atoms with Crippen LogP contribution >= 0.6 is 27.3 Å². The van der Waals surface area contributed by atoms with Gasteiger partial charge < -0.3 is 0 Å². The molecule has 0 aliphatic carbocycles. The molecule has 0 unspecified atom stereocenters. The van der Waals surface area contributed by atoms with Crippen LogP contribution in [0.25, 0.3) is 65.2 Å². The minimum absolute atomic E-state index is 0.706. The molecule has 0 N–H and O–H groups in total. The van der Waals surface area contributed by atoms with Crippen molar-refractivity contribution in [3.8, 4) is 45.0 Å². The number of aromatic nitrogens is 3. The monoisotopic (exact) mass is 569 g/mol. The Balaban J connectivity index is 1.42. The van der Waals surface area contributed by atoms with Crippen LogP contribution in [0.1, 0.15) is 0 Å². The van der Waals surface area contributed by atoms with Gasteiger partial charge in [-0.3, -0.25) is 4.98 Å². The van der Waals surface area contributed by atoms with Gasteiger partial charge in [-0.05, 0) is 48.0 Å². The summed E-state index contributed by atoms with van der Waals surface area (Å²) < 4.78 is 3.54. The van der Waals surface area contributed by atoms with Gasteiger partial charge in [-0.2, -0.15) is 0 Å². The van der Waals surface area contributed by atoms with Gasteiger partial charge in [0.05, 0.1) is 11.4 Å². The number of halogens is 1. The summed E-state index contributed by atoms with van der Waals surface area (Å²) in [5, 5.41) is 2.57. The molecule has 0 amide bonds. The maximum atomic E-state index is 5.03. The molecule has 0 fully saturated rings. The largest absolute Gasteiger partial charge is 0.264 e. The molecule has 0 spiro atoms. The van der Waals surface area contributed by atoms with Gasteiger partial charge in [0, 0.05) is 59.3 Å². The van der Waals surface area contributed by atoms with Gasteiger partial charge in [-0.25, -0.2) is 9.97 Å². The highest BCUT2D eigenvalue weighted by molar-refractivity contribution is 9.10. The lowest BCUT2D eigenvalue weighted by Crippen LogP contribution is -1.96. The average molecular weight is 571 g/mol. The minimum atomic E-state index is 0.706. The van der Waals surface area contributed by atoms with E-state index in [0.29, 0.717) is 5.82 Å². The van der Waals surface area contributed by atoms with Crippen LogP contribution in [0.5, 0.6) is 0 Å². The lowest BCUT2D eigenvalue weighted by atomic mass is 10.0. The molecule has 180 valence electrons. The molecule has 38 heavy (non-hydrogen) atoms. The third-order valence-corrected chi connectivity index (χ3v) is 8.21. The quantitative estimate of drug-likeness (QED) is 0.212. The fourth-order valence-corrected chi connectivity index (χ4v) is 6.42. The van der Waals surface area contributed by atoms with Crippen LogP contribution in [-0.2, 0) is 0 Å². The SMILES string of the molecule is Brc1cc(-c2cccnc2)cc(-c2cc(-c3ccc4c(c3)sc3ccccc34)nc(-c3ccccc3)n2)c1. The van der Waals surface area contributed by atoms with Gasteiger partial charge in [-0.1, -0.05) is 82.7 Å². The van der Waals surface area contributed by atoms with Crippen molar-refractivity contribution in [2.45, 2.75) is 0 Å². The first-order valence-electron chi connectivity index (χ1n) is 12.3. The highest BCUT2D eigenvalue weighted by Gasteiger charge is 2.14. The van der Waals surface area contributed by atoms with E-state index in [1.54, 1.807) is 6.20 Å². The van der Waals surface area contributed by atoms with E-state index in [0.717, 1.165) is 43.7 Å². The van der Waals surface area contributed by atoms with Gasteiger partial charge in [0.2, 0.25) is 0 Å². The predicted molar refractivity (Wildman–Crippen MR) is 162 cm³/mol. The number of benzene rings is 4. The number of nitrogens with zero attached hydrogens (tertiary/aromatic N) is 3. The maximum Gasteiger partial charge on any atom is 0.160 e. The van der Waals surface area contributed by atoms with Crippen LogP contribution in [0.4, 0.5) is 0 Å². The number of fused-ring (bicyclic) bond motifs is 3. The van der Waals surface area contributed by atoms with Gasteiger partial charge in [0.25, 0.3) is 0 Å². The van der Waals surface area contributed by atoms with E-state index >= 15 is 0 Å². The summed E-state index contributed by atoms with van der Waals surface area (Å²) in [6.45, 7) is 0. The smallest absolute Gasteiger partial charge is 0.160 e. The van der Waals surface area contributed by atoms with Gasteiger partial charge in [-0.15, -0.1) is 11.3 Å². The van der Waals surface area contributed by atoms with E-state index in [1.165, 1.54) is 20.2 Å². The number of hydrogen-bond acceptors (Lipinski definition) is 4. The Bertz CT molecular complexity index is 1930. The molecular formula is C33H20BrN3S. The molecule has 4 aromatic carbocycles. The molecule has 7 rings (SSSR count). The second-order valence-corrected chi connectivity index (χ2v) is 11.1. The molecule has 0 saturated heterocycles. The summed E-state index contributed by atoms with van der Waals surface area (Å²) in [4.78, 5) is 14.4. The van der Waals surface area contributed by atoms with Crippen LogP contribution in [0.15, 0.2) is 126 Å². The Kier molecular flexibility index (Phi) is 5.80. The zero-order valence-electron chi connectivity index (χ0n) is 20.2. The van der Waals surface area contributed by atoms with Crippen molar-refractivity contribution in [3.63, 3.8) is 0 Å². The molecule has 0 radical (unpaired) electrons. The van der Waals surface area contributed by atoms with Crippen molar-refractivity contribution < 1.29 is 0 Å². The molecule has 5 heteroatoms. The first-order chi connectivity index (χ1) is 18.7. The fourth-order valence-electron chi connectivity index (χ4n) is 4.78. The van der Waals surface area contributed by atoms with E-state index in [9.17, 15) is 0 Å². The van der Waals surface area contributed by atoms with Crippen molar-refractivity contribution in [2.24, 2.45) is 0 Å². The number of rotatable bonds is 4. The Morgan fingerprint density at radius 3 is 2.11 bits per heavy atom. The van der Waals surface area contributed by atoms with E-state index < -0.39 is 0 Å². The van der Waals surface area contributed by atoms with Crippen LogP contribution in [0.3, 0.4) is 0 Å². The Morgan fingerprint density at radius 1 is 0.526 bits per heavy atom.